The van der Waals surface area contributed by atoms with Crippen molar-refractivity contribution >= 4 is 11.5 Å². The van der Waals surface area contributed by atoms with Crippen LogP contribution < -0.4 is 11.5 Å². The second kappa shape index (κ2) is 4.54. The lowest BCUT2D eigenvalue weighted by atomic mass is 10.3. The number of rotatable bonds is 0. The van der Waals surface area contributed by atoms with Crippen LogP contribution in [0.3, 0.4) is 0 Å². The van der Waals surface area contributed by atoms with E-state index in [0.717, 1.165) is 5.69 Å². The van der Waals surface area contributed by atoms with Crippen LogP contribution in [0.25, 0.3) is 0 Å². The van der Waals surface area contributed by atoms with Crippen LogP contribution >= 0.6 is 0 Å². The molecule has 1 aromatic heterocycles. The van der Waals surface area contributed by atoms with Crippen LogP contribution in [0.4, 0.5) is 11.5 Å². The monoisotopic (exact) mass is 168 g/mol. The van der Waals surface area contributed by atoms with Gasteiger partial charge < -0.3 is 11.5 Å². The Kier molecular flexibility index (Phi) is 4.04. The number of aromatic nitrogens is 2. The predicted octanol–water partition coefficient (Wildman–Crippen LogP) is 1.28. The number of nitrogen functional groups attached to an aromatic ring is 2. The van der Waals surface area contributed by atoms with E-state index in [4.69, 9.17) is 11.5 Å². The standard InChI is InChI=1S/C6H10N4.C2H6/c1-3-5(7)6(8)10-4(2)9-3;1-2/h7H2,1-2H3,(H2,8,9,10);1-2H3. The molecule has 0 saturated heterocycles. The number of nitrogens with zero attached hydrogens (tertiary/aromatic N) is 2. The topological polar surface area (TPSA) is 77.8 Å². The average molecular weight is 168 g/mol. The van der Waals surface area contributed by atoms with Gasteiger partial charge in [-0.1, -0.05) is 13.8 Å². The van der Waals surface area contributed by atoms with Crippen molar-refractivity contribution in [3.63, 3.8) is 0 Å². The molecule has 0 aliphatic heterocycles. The molecule has 0 spiro atoms. The fraction of sp³-hybridized carbons (Fsp3) is 0.500. The van der Waals surface area contributed by atoms with E-state index in [1.165, 1.54) is 0 Å². The van der Waals surface area contributed by atoms with Crippen molar-refractivity contribution in [2.75, 3.05) is 11.5 Å². The zero-order valence-corrected chi connectivity index (χ0v) is 8.05. The van der Waals surface area contributed by atoms with Gasteiger partial charge in [-0.2, -0.15) is 0 Å². The Hall–Kier alpha value is -1.32. The summed E-state index contributed by atoms with van der Waals surface area (Å²) in [5, 5.41) is 0. The summed E-state index contributed by atoms with van der Waals surface area (Å²) in [7, 11) is 0. The minimum Gasteiger partial charge on any atom is -0.394 e. The molecule has 0 radical (unpaired) electrons. The first-order valence-corrected chi connectivity index (χ1v) is 3.97. The van der Waals surface area contributed by atoms with E-state index in [1.807, 2.05) is 13.8 Å². The van der Waals surface area contributed by atoms with Crippen molar-refractivity contribution in [2.24, 2.45) is 0 Å². The Labute approximate surface area is 73.0 Å². The Morgan fingerprint density at radius 2 is 1.50 bits per heavy atom. The zero-order chi connectivity index (χ0) is 9.72. The maximum absolute atomic E-state index is 5.50. The number of hydrogen-bond acceptors (Lipinski definition) is 4. The summed E-state index contributed by atoms with van der Waals surface area (Å²) < 4.78 is 0. The largest absolute Gasteiger partial charge is 0.394 e. The van der Waals surface area contributed by atoms with Crippen molar-refractivity contribution in [1.29, 1.82) is 0 Å². The van der Waals surface area contributed by atoms with E-state index in [-0.39, 0.29) is 0 Å². The third-order valence-electron chi connectivity index (χ3n) is 1.28. The normalized spacial score (nSPS) is 8.67. The quantitative estimate of drug-likeness (QED) is 0.611. The lowest BCUT2D eigenvalue weighted by Crippen LogP contribution is -2.04. The van der Waals surface area contributed by atoms with E-state index in [0.29, 0.717) is 17.3 Å². The van der Waals surface area contributed by atoms with Gasteiger partial charge in [0.25, 0.3) is 0 Å². The van der Waals surface area contributed by atoms with Crippen molar-refractivity contribution in [3.8, 4) is 0 Å². The fourth-order valence-electron chi connectivity index (χ4n) is 0.748. The van der Waals surface area contributed by atoms with Crippen LogP contribution in [-0.2, 0) is 0 Å². The lowest BCUT2D eigenvalue weighted by Gasteiger charge is -2.02. The van der Waals surface area contributed by atoms with E-state index >= 15 is 0 Å². The van der Waals surface area contributed by atoms with Gasteiger partial charge in [0.15, 0.2) is 5.82 Å². The van der Waals surface area contributed by atoms with Crippen LogP contribution in [0.15, 0.2) is 0 Å². The first kappa shape index (κ1) is 10.7. The minimum atomic E-state index is 0.366. The molecule has 0 atom stereocenters. The third-order valence-corrected chi connectivity index (χ3v) is 1.28. The van der Waals surface area contributed by atoms with Gasteiger partial charge in [0.05, 0.1) is 11.4 Å². The van der Waals surface area contributed by atoms with Gasteiger partial charge in [0.2, 0.25) is 0 Å². The molecule has 0 fully saturated rings. The molecule has 0 bridgehead atoms. The molecule has 0 aliphatic carbocycles. The molecule has 4 nitrogen and oxygen atoms in total. The van der Waals surface area contributed by atoms with Crippen molar-refractivity contribution in [2.45, 2.75) is 27.7 Å². The van der Waals surface area contributed by atoms with E-state index in [2.05, 4.69) is 9.97 Å². The van der Waals surface area contributed by atoms with E-state index in [1.54, 1.807) is 13.8 Å². The molecule has 0 saturated carbocycles. The molecule has 0 aliphatic rings. The molecule has 1 aromatic rings. The highest BCUT2D eigenvalue weighted by Gasteiger charge is 2.00. The maximum Gasteiger partial charge on any atom is 0.150 e. The minimum absolute atomic E-state index is 0.366. The summed E-state index contributed by atoms with van der Waals surface area (Å²) in [4.78, 5) is 7.89. The molecule has 4 heteroatoms. The predicted molar refractivity (Wildman–Crippen MR) is 51.7 cm³/mol. The van der Waals surface area contributed by atoms with Gasteiger partial charge >= 0.3 is 0 Å². The van der Waals surface area contributed by atoms with Crippen LogP contribution in [0, 0.1) is 13.8 Å². The van der Waals surface area contributed by atoms with Gasteiger partial charge in [0.1, 0.15) is 5.82 Å². The first-order valence-electron chi connectivity index (χ1n) is 3.97. The number of hydrogen-bond donors (Lipinski definition) is 2. The van der Waals surface area contributed by atoms with E-state index < -0.39 is 0 Å². The molecule has 4 N–H and O–H groups in total. The molecule has 0 aromatic carbocycles. The Morgan fingerprint density at radius 3 is 1.92 bits per heavy atom. The first-order chi connectivity index (χ1) is 5.61. The SMILES string of the molecule is CC.Cc1nc(C)c(N)c(N)n1. The fourth-order valence-corrected chi connectivity index (χ4v) is 0.748. The maximum atomic E-state index is 5.50. The highest BCUT2D eigenvalue weighted by molar-refractivity contribution is 5.60. The molecule has 0 amide bonds. The smallest absolute Gasteiger partial charge is 0.150 e. The summed E-state index contributed by atoms with van der Waals surface area (Å²) in [5.41, 5.74) is 12.2. The van der Waals surface area contributed by atoms with Crippen molar-refractivity contribution in [3.05, 3.63) is 11.5 Å². The number of aryl methyl sites for hydroxylation is 2. The number of nitrogens with two attached hydrogens (primary N) is 2. The van der Waals surface area contributed by atoms with Crippen LogP contribution in [-0.4, -0.2) is 9.97 Å². The molecule has 68 valence electrons. The molecule has 1 rings (SSSR count). The van der Waals surface area contributed by atoms with Crippen LogP contribution in [0.2, 0.25) is 0 Å². The second-order valence-electron chi connectivity index (χ2n) is 2.16. The van der Waals surface area contributed by atoms with Gasteiger partial charge in [-0.3, -0.25) is 0 Å². The number of anilines is 2. The van der Waals surface area contributed by atoms with E-state index in [9.17, 15) is 0 Å². The zero-order valence-electron chi connectivity index (χ0n) is 8.05. The Morgan fingerprint density at radius 1 is 1.00 bits per heavy atom. The summed E-state index contributed by atoms with van der Waals surface area (Å²) in [6.07, 6.45) is 0. The highest BCUT2D eigenvalue weighted by Crippen LogP contribution is 2.13. The molecular formula is C8H16N4. The average Bonchev–Trinajstić information content (AvgIpc) is 2.04. The lowest BCUT2D eigenvalue weighted by molar-refractivity contribution is 1.02. The van der Waals surface area contributed by atoms with Crippen LogP contribution in [0.1, 0.15) is 25.4 Å². The van der Waals surface area contributed by atoms with Gasteiger partial charge in [-0.25, -0.2) is 9.97 Å². The highest BCUT2D eigenvalue weighted by atomic mass is 15.0. The summed E-state index contributed by atoms with van der Waals surface area (Å²) in [6, 6.07) is 0. The summed E-state index contributed by atoms with van der Waals surface area (Å²) in [5.74, 6) is 1.02. The molecule has 1 heterocycles. The summed E-state index contributed by atoms with van der Waals surface area (Å²) >= 11 is 0. The Balaban J connectivity index is 0.000000561. The molecular weight excluding hydrogens is 152 g/mol. The third kappa shape index (κ3) is 2.38. The van der Waals surface area contributed by atoms with Crippen molar-refractivity contribution in [1.82, 2.24) is 9.97 Å². The summed E-state index contributed by atoms with van der Waals surface area (Å²) in [6.45, 7) is 7.59. The molecule has 12 heavy (non-hydrogen) atoms. The van der Waals surface area contributed by atoms with Crippen molar-refractivity contribution < 1.29 is 0 Å². The molecule has 0 unspecified atom stereocenters. The Bertz CT molecular complexity index is 234. The van der Waals surface area contributed by atoms with Crippen LogP contribution in [0.5, 0.6) is 0 Å². The second-order valence-corrected chi connectivity index (χ2v) is 2.16. The van der Waals surface area contributed by atoms with Gasteiger partial charge in [-0.15, -0.1) is 0 Å². The van der Waals surface area contributed by atoms with Gasteiger partial charge in [0, 0.05) is 0 Å². The van der Waals surface area contributed by atoms with Gasteiger partial charge in [-0.05, 0) is 13.8 Å².